The van der Waals surface area contributed by atoms with Gasteiger partial charge < -0.3 is 9.26 Å². The number of fused-ring (bicyclic) bond motifs is 1. The van der Waals surface area contributed by atoms with E-state index in [1.165, 1.54) is 0 Å². The van der Waals surface area contributed by atoms with E-state index >= 15 is 0 Å². The first-order valence-corrected chi connectivity index (χ1v) is 8.31. The Balaban J connectivity index is 1.53. The first-order chi connectivity index (χ1) is 12.4. The number of carbonyl (C=O) groups is 3. The number of hydrogen-bond acceptors (Lipinski definition) is 7. The monoisotopic (exact) mass is 357 g/mol. The molecule has 8 heteroatoms. The number of aromatic nitrogens is 2. The number of amides is 2. The molecule has 2 aromatic rings. The van der Waals surface area contributed by atoms with E-state index in [-0.39, 0.29) is 37.3 Å². The molecule has 0 saturated heterocycles. The zero-order valence-corrected chi connectivity index (χ0v) is 14.8. The highest BCUT2D eigenvalue weighted by molar-refractivity contribution is 6.21. The summed E-state index contributed by atoms with van der Waals surface area (Å²) < 4.78 is 10.0. The summed E-state index contributed by atoms with van der Waals surface area (Å²) in [6.07, 6.45) is -0.102. The van der Waals surface area contributed by atoms with Gasteiger partial charge in [0.25, 0.3) is 17.7 Å². The minimum atomic E-state index is -0.554. The van der Waals surface area contributed by atoms with Crippen LogP contribution in [0.5, 0.6) is 0 Å². The molecule has 3 rings (SSSR count). The maximum Gasteiger partial charge on any atom is 0.308 e. The molecular weight excluding hydrogens is 338 g/mol. The van der Waals surface area contributed by atoms with Crippen LogP contribution in [0.25, 0.3) is 0 Å². The van der Waals surface area contributed by atoms with Crippen LogP contribution >= 0.6 is 0 Å². The molecule has 1 aliphatic rings. The van der Waals surface area contributed by atoms with Crippen molar-refractivity contribution in [3.63, 3.8) is 0 Å². The van der Waals surface area contributed by atoms with E-state index in [0.717, 1.165) is 10.5 Å². The van der Waals surface area contributed by atoms with Gasteiger partial charge in [-0.25, -0.2) is 0 Å². The van der Waals surface area contributed by atoms with Crippen molar-refractivity contribution in [2.75, 3.05) is 6.54 Å². The molecule has 2 heterocycles. The highest BCUT2D eigenvalue weighted by atomic mass is 16.6. The number of aryl methyl sites for hydroxylation is 1. The Morgan fingerprint density at radius 3 is 2.65 bits per heavy atom. The molecule has 1 aliphatic heterocycles. The van der Waals surface area contributed by atoms with Crippen LogP contribution in [-0.4, -0.2) is 39.4 Å². The minimum Gasteiger partial charge on any atom is -0.456 e. The van der Waals surface area contributed by atoms with E-state index in [1.54, 1.807) is 18.2 Å². The quantitative estimate of drug-likeness (QED) is 0.577. The number of rotatable bonds is 6. The molecule has 1 aromatic carbocycles. The lowest BCUT2D eigenvalue weighted by Crippen LogP contribution is -2.32. The standard InChI is InChI=1S/C18H19N3O5/c1-10(2)16-19-14(26-20-16)9-25-15(22)6-7-21-17(23)12-5-4-11(3)8-13(12)18(21)24/h4-5,8,10H,6-7,9H2,1-3H3. The number of benzene rings is 1. The van der Waals surface area contributed by atoms with Crippen LogP contribution in [0, 0.1) is 6.92 Å². The van der Waals surface area contributed by atoms with Crippen LogP contribution in [0.1, 0.15) is 64.2 Å². The van der Waals surface area contributed by atoms with Gasteiger partial charge >= 0.3 is 5.97 Å². The number of carbonyl (C=O) groups excluding carboxylic acids is 3. The molecule has 8 nitrogen and oxygen atoms in total. The summed E-state index contributed by atoms with van der Waals surface area (Å²) in [6.45, 7) is 5.51. The zero-order valence-electron chi connectivity index (χ0n) is 14.8. The van der Waals surface area contributed by atoms with Gasteiger partial charge in [-0.2, -0.15) is 4.98 Å². The average Bonchev–Trinajstić information content (AvgIpc) is 3.16. The first kappa shape index (κ1) is 17.8. The van der Waals surface area contributed by atoms with E-state index < -0.39 is 11.9 Å². The SMILES string of the molecule is Cc1ccc2c(c1)C(=O)N(CCC(=O)OCc1nc(C(C)C)no1)C2=O. The molecule has 2 amide bonds. The van der Waals surface area contributed by atoms with Gasteiger partial charge in [0.15, 0.2) is 12.4 Å². The van der Waals surface area contributed by atoms with Crippen molar-refractivity contribution in [2.45, 2.75) is 39.7 Å². The van der Waals surface area contributed by atoms with Gasteiger partial charge in [-0.15, -0.1) is 0 Å². The third kappa shape index (κ3) is 3.49. The molecule has 1 aromatic heterocycles. The van der Waals surface area contributed by atoms with Crippen LogP contribution < -0.4 is 0 Å². The Bertz CT molecular complexity index is 871. The predicted octanol–water partition coefficient (Wildman–Crippen LogP) is 2.23. The van der Waals surface area contributed by atoms with Crippen molar-refractivity contribution in [1.82, 2.24) is 15.0 Å². The van der Waals surface area contributed by atoms with Gasteiger partial charge in [0.2, 0.25) is 0 Å². The fourth-order valence-corrected chi connectivity index (χ4v) is 2.59. The Kier molecular flexibility index (Phi) is 4.83. The lowest BCUT2D eigenvalue weighted by molar-refractivity contribution is -0.145. The van der Waals surface area contributed by atoms with Crippen molar-refractivity contribution in [1.29, 1.82) is 0 Å². The lowest BCUT2D eigenvalue weighted by atomic mass is 10.1. The molecule has 0 spiro atoms. The Labute approximate surface area is 150 Å². The second-order valence-corrected chi connectivity index (χ2v) is 6.42. The number of ether oxygens (including phenoxy) is 1. The summed E-state index contributed by atoms with van der Waals surface area (Å²) in [5.41, 5.74) is 1.63. The fourth-order valence-electron chi connectivity index (χ4n) is 2.59. The van der Waals surface area contributed by atoms with Crippen molar-refractivity contribution < 1.29 is 23.6 Å². The van der Waals surface area contributed by atoms with E-state index in [2.05, 4.69) is 10.1 Å². The topological polar surface area (TPSA) is 103 Å². The molecule has 0 N–H and O–H groups in total. The molecule has 0 radical (unpaired) electrons. The molecule has 0 aliphatic carbocycles. The number of hydrogen-bond donors (Lipinski definition) is 0. The average molecular weight is 357 g/mol. The maximum atomic E-state index is 12.3. The predicted molar refractivity (Wildman–Crippen MR) is 89.3 cm³/mol. The first-order valence-electron chi connectivity index (χ1n) is 8.31. The van der Waals surface area contributed by atoms with E-state index in [4.69, 9.17) is 9.26 Å². The molecule has 0 unspecified atom stereocenters. The second-order valence-electron chi connectivity index (χ2n) is 6.42. The molecule has 0 atom stereocenters. The number of imide groups is 1. The highest BCUT2D eigenvalue weighted by Crippen LogP contribution is 2.24. The fraction of sp³-hybridized carbons (Fsp3) is 0.389. The van der Waals surface area contributed by atoms with Gasteiger partial charge in [0.05, 0.1) is 17.5 Å². The molecule has 0 saturated carbocycles. The van der Waals surface area contributed by atoms with Crippen LogP contribution in [0.2, 0.25) is 0 Å². The minimum absolute atomic E-state index is 0.0364. The van der Waals surface area contributed by atoms with Crippen molar-refractivity contribution >= 4 is 17.8 Å². The summed E-state index contributed by atoms with van der Waals surface area (Å²) in [5.74, 6) is -0.477. The van der Waals surface area contributed by atoms with Crippen LogP contribution in [0.3, 0.4) is 0 Å². The van der Waals surface area contributed by atoms with Crippen molar-refractivity contribution in [2.24, 2.45) is 0 Å². The van der Waals surface area contributed by atoms with Gasteiger partial charge in [0, 0.05) is 12.5 Å². The molecule has 136 valence electrons. The Morgan fingerprint density at radius 1 is 1.23 bits per heavy atom. The van der Waals surface area contributed by atoms with Crippen molar-refractivity contribution in [3.8, 4) is 0 Å². The summed E-state index contributed by atoms with van der Waals surface area (Å²) in [6, 6.07) is 5.08. The van der Waals surface area contributed by atoms with Crippen molar-refractivity contribution in [3.05, 3.63) is 46.6 Å². The van der Waals surface area contributed by atoms with Crippen LogP contribution in [-0.2, 0) is 16.1 Å². The smallest absolute Gasteiger partial charge is 0.308 e. The van der Waals surface area contributed by atoms with E-state index in [9.17, 15) is 14.4 Å². The number of esters is 1. The van der Waals surface area contributed by atoms with Gasteiger partial charge in [-0.05, 0) is 19.1 Å². The summed E-state index contributed by atoms with van der Waals surface area (Å²) in [4.78, 5) is 41.7. The summed E-state index contributed by atoms with van der Waals surface area (Å²) >= 11 is 0. The highest BCUT2D eigenvalue weighted by Gasteiger charge is 2.35. The summed E-state index contributed by atoms with van der Waals surface area (Å²) in [5, 5.41) is 3.78. The molecule has 0 bridgehead atoms. The Hall–Kier alpha value is -3.03. The van der Waals surface area contributed by atoms with Crippen LogP contribution in [0.4, 0.5) is 0 Å². The zero-order chi connectivity index (χ0) is 18.8. The molecular formula is C18H19N3O5. The Morgan fingerprint density at radius 2 is 1.96 bits per heavy atom. The van der Waals surface area contributed by atoms with E-state index in [0.29, 0.717) is 17.0 Å². The van der Waals surface area contributed by atoms with Gasteiger partial charge in [-0.3, -0.25) is 19.3 Å². The number of nitrogens with zero attached hydrogens (tertiary/aromatic N) is 3. The van der Waals surface area contributed by atoms with Crippen LogP contribution in [0.15, 0.2) is 22.7 Å². The van der Waals surface area contributed by atoms with E-state index in [1.807, 2.05) is 20.8 Å². The normalized spacial score (nSPS) is 13.5. The molecule has 0 fully saturated rings. The summed E-state index contributed by atoms with van der Waals surface area (Å²) in [7, 11) is 0. The maximum absolute atomic E-state index is 12.3. The third-order valence-corrected chi connectivity index (χ3v) is 4.02. The lowest BCUT2D eigenvalue weighted by Gasteiger charge is -2.12. The largest absolute Gasteiger partial charge is 0.456 e. The third-order valence-electron chi connectivity index (χ3n) is 4.02. The molecule has 26 heavy (non-hydrogen) atoms. The van der Waals surface area contributed by atoms with Gasteiger partial charge in [-0.1, -0.05) is 30.6 Å². The van der Waals surface area contributed by atoms with Gasteiger partial charge in [0.1, 0.15) is 0 Å². The second kappa shape index (κ2) is 7.07.